The smallest absolute Gasteiger partial charge is 0.151 e. The molecule has 1 atom stereocenters. The number of nitrogen functional groups attached to an aromatic ring is 1. The number of piperidine rings is 1. The molecule has 1 saturated heterocycles. The summed E-state index contributed by atoms with van der Waals surface area (Å²) in [7, 11) is 0. The zero-order valence-corrected chi connectivity index (χ0v) is 9.41. The van der Waals surface area contributed by atoms with Crippen molar-refractivity contribution in [1.29, 1.82) is 0 Å². The fourth-order valence-electron chi connectivity index (χ4n) is 1.88. The molecule has 0 aromatic carbocycles. The molecule has 0 saturated carbocycles. The molecule has 1 aromatic rings. The summed E-state index contributed by atoms with van der Waals surface area (Å²) < 4.78 is 0. The number of rotatable bonds is 1. The van der Waals surface area contributed by atoms with Gasteiger partial charge in [0.25, 0.3) is 0 Å². The summed E-state index contributed by atoms with van der Waals surface area (Å²) in [5.41, 5.74) is 12.5. The fourth-order valence-corrected chi connectivity index (χ4v) is 1.88. The Labute approximate surface area is 96.1 Å². The van der Waals surface area contributed by atoms with Gasteiger partial charge in [-0.25, -0.2) is 4.98 Å². The lowest BCUT2D eigenvalue weighted by Crippen LogP contribution is -2.43. The third kappa shape index (κ3) is 2.73. The molecule has 15 heavy (non-hydrogen) atoms. The van der Waals surface area contributed by atoms with Crippen molar-refractivity contribution in [2.75, 3.05) is 23.7 Å². The van der Waals surface area contributed by atoms with Crippen molar-refractivity contribution in [2.24, 2.45) is 5.73 Å². The van der Waals surface area contributed by atoms with Gasteiger partial charge in [-0.1, -0.05) is 0 Å². The van der Waals surface area contributed by atoms with Gasteiger partial charge in [-0.05, 0) is 25.0 Å². The zero-order chi connectivity index (χ0) is 9.97. The summed E-state index contributed by atoms with van der Waals surface area (Å²) in [4.78, 5) is 6.45. The third-order valence-electron chi connectivity index (χ3n) is 2.57. The van der Waals surface area contributed by atoms with E-state index in [2.05, 4.69) is 9.88 Å². The number of nitrogens with two attached hydrogens (primary N) is 2. The van der Waals surface area contributed by atoms with E-state index in [-0.39, 0.29) is 18.4 Å². The van der Waals surface area contributed by atoms with E-state index in [1.54, 1.807) is 6.20 Å². The van der Waals surface area contributed by atoms with Gasteiger partial charge in [0.1, 0.15) is 0 Å². The minimum Gasteiger partial charge on any atom is -0.396 e. The lowest BCUT2D eigenvalue weighted by molar-refractivity contribution is 0.503. The highest BCUT2D eigenvalue weighted by atomic mass is 35.5. The molecule has 2 heterocycles. The molecule has 1 aromatic heterocycles. The number of nitrogens with zero attached hydrogens (tertiary/aromatic N) is 2. The van der Waals surface area contributed by atoms with E-state index in [9.17, 15) is 0 Å². The Morgan fingerprint density at radius 2 is 2.27 bits per heavy atom. The second-order valence-corrected chi connectivity index (χ2v) is 3.76. The number of hydrogen-bond acceptors (Lipinski definition) is 4. The normalized spacial score (nSPS) is 20.9. The molecule has 1 aliphatic rings. The summed E-state index contributed by atoms with van der Waals surface area (Å²) in [5, 5.41) is 0. The lowest BCUT2D eigenvalue weighted by Gasteiger charge is -2.32. The maximum absolute atomic E-state index is 5.90. The highest BCUT2D eigenvalue weighted by Crippen LogP contribution is 2.22. The third-order valence-corrected chi connectivity index (χ3v) is 2.57. The molecular weight excluding hydrogens is 212 g/mol. The number of anilines is 2. The van der Waals surface area contributed by atoms with E-state index in [0.29, 0.717) is 0 Å². The van der Waals surface area contributed by atoms with Gasteiger partial charge in [0, 0.05) is 25.3 Å². The van der Waals surface area contributed by atoms with Gasteiger partial charge in [0.15, 0.2) is 5.82 Å². The molecule has 0 bridgehead atoms. The molecule has 1 fully saturated rings. The van der Waals surface area contributed by atoms with Crippen LogP contribution in [0.5, 0.6) is 0 Å². The summed E-state index contributed by atoms with van der Waals surface area (Å²) in [6.07, 6.45) is 3.99. The largest absolute Gasteiger partial charge is 0.396 e. The van der Waals surface area contributed by atoms with Crippen LogP contribution in [0.2, 0.25) is 0 Å². The molecule has 0 amide bonds. The topological polar surface area (TPSA) is 68.2 Å². The van der Waals surface area contributed by atoms with Gasteiger partial charge in [-0.15, -0.1) is 12.4 Å². The SMILES string of the molecule is Cl.Nc1cccnc1N1CCCC(N)C1. The summed E-state index contributed by atoms with van der Waals surface area (Å²) in [6.45, 7) is 1.87. The second kappa shape index (κ2) is 5.19. The number of halogens is 1. The zero-order valence-electron chi connectivity index (χ0n) is 8.60. The highest BCUT2D eigenvalue weighted by molar-refractivity contribution is 5.85. The van der Waals surface area contributed by atoms with Crippen LogP contribution in [-0.2, 0) is 0 Å². The maximum Gasteiger partial charge on any atom is 0.151 e. The first kappa shape index (κ1) is 12.1. The number of pyridine rings is 1. The van der Waals surface area contributed by atoms with Crippen LogP contribution in [0.1, 0.15) is 12.8 Å². The van der Waals surface area contributed by atoms with E-state index in [4.69, 9.17) is 11.5 Å². The van der Waals surface area contributed by atoms with Crippen molar-refractivity contribution in [3.05, 3.63) is 18.3 Å². The molecule has 0 spiro atoms. The molecule has 4 nitrogen and oxygen atoms in total. The Morgan fingerprint density at radius 3 is 2.93 bits per heavy atom. The van der Waals surface area contributed by atoms with Crippen LogP contribution < -0.4 is 16.4 Å². The van der Waals surface area contributed by atoms with Crippen molar-refractivity contribution < 1.29 is 0 Å². The van der Waals surface area contributed by atoms with Crippen molar-refractivity contribution in [3.8, 4) is 0 Å². The Morgan fingerprint density at radius 1 is 1.47 bits per heavy atom. The molecule has 2 rings (SSSR count). The Bertz CT molecular complexity index is 318. The standard InChI is InChI=1S/C10H16N4.ClH/c11-8-3-2-6-14(7-8)10-9(12)4-1-5-13-10;/h1,4-5,8H,2-3,6-7,11-12H2;1H. The fraction of sp³-hybridized carbons (Fsp3) is 0.500. The van der Waals surface area contributed by atoms with Gasteiger partial charge in [0.05, 0.1) is 5.69 Å². The minimum absolute atomic E-state index is 0. The van der Waals surface area contributed by atoms with Gasteiger partial charge < -0.3 is 16.4 Å². The van der Waals surface area contributed by atoms with Gasteiger partial charge in [-0.2, -0.15) is 0 Å². The predicted octanol–water partition coefficient (Wildman–Crippen LogP) is 1.01. The summed E-state index contributed by atoms with van der Waals surface area (Å²) in [5.74, 6) is 0.877. The molecule has 0 radical (unpaired) electrons. The highest BCUT2D eigenvalue weighted by Gasteiger charge is 2.18. The number of aromatic nitrogens is 1. The first-order valence-electron chi connectivity index (χ1n) is 4.98. The van der Waals surface area contributed by atoms with E-state index in [1.807, 2.05) is 12.1 Å². The average molecular weight is 229 g/mol. The van der Waals surface area contributed by atoms with E-state index in [1.165, 1.54) is 0 Å². The van der Waals surface area contributed by atoms with Crippen molar-refractivity contribution >= 4 is 23.9 Å². The quantitative estimate of drug-likeness (QED) is 0.753. The first-order chi connectivity index (χ1) is 6.77. The molecule has 84 valence electrons. The predicted molar refractivity (Wildman–Crippen MR) is 65.3 cm³/mol. The first-order valence-corrected chi connectivity index (χ1v) is 4.98. The van der Waals surface area contributed by atoms with Crippen LogP contribution in [0.3, 0.4) is 0 Å². The molecular formula is C10H17ClN4. The maximum atomic E-state index is 5.90. The van der Waals surface area contributed by atoms with Crippen LogP contribution in [0, 0.1) is 0 Å². The summed E-state index contributed by atoms with van der Waals surface area (Å²) in [6, 6.07) is 3.98. The second-order valence-electron chi connectivity index (χ2n) is 3.76. The minimum atomic E-state index is 0. The van der Waals surface area contributed by atoms with Gasteiger partial charge in [-0.3, -0.25) is 0 Å². The van der Waals surface area contributed by atoms with Gasteiger partial charge in [0.2, 0.25) is 0 Å². The van der Waals surface area contributed by atoms with Crippen LogP contribution in [0.15, 0.2) is 18.3 Å². The van der Waals surface area contributed by atoms with Crippen LogP contribution in [0.4, 0.5) is 11.5 Å². The molecule has 4 N–H and O–H groups in total. The van der Waals surface area contributed by atoms with Crippen LogP contribution >= 0.6 is 12.4 Å². The monoisotopic (exact) mass is 228 g/mol. The van der Waals surface area contributed by atoms with Crippen LogP contribution in [0.25, 0.3) is 0 Å². The molecule has 1 aliphatic heterocycles. The van der Waals surface area contributed by atoms with Crippen molar-refractivity contribution in [1.82, 2.24) is 4.98 Å². The van der Waals surface area contributed by atoms with Crippen LogP contribution in [-0.4, -0.2) is 24.1 Å². The Hall–Kier alpha value is -1.00. The lowest BCUT2D eigenvalue weighted by atomic mass is 10.1. The van der Waals surface area contributed by atoms with E-state index >= 15 is 0 Å². The van der Waals surface area contributed by atoms with Crippen molar-refractivity contribution in [2.45, 2.75) is 18.9 Å². The van der Waals surface area contributed by atoms with Crippen molar-refractivity contribution in [3.63, 3.8) is 0 Å². The average Bonchev–Trinajstić information content (AvgIpc) is 2.18. The molecule has 0 aliphatic carbocycles. The van der Waals surface area contributed by atoms with E-state index < -0.39 is 0 Å². The molecule has 1 unspecified atom stereocenters. The van der Waals surface area contributed by atoms with E-state index in [0.717, 1.165) is 37.4 Å². The van der Waals surface area contributed by atoms with Gasteiger partial charge >= 0.3 is 0 Å². The Balaban J connectivity index is 0.00000112. The Kier molecular flexibility index (Phi) is 4.17. The summed E-state index contributed by atoms with van der Waals surface area (Å²) >= 11 is 0. The molecule has 5 heteroatoms. The number of hydrogen-bond donors (Lipinski definition) is 2.